The van der Waals surface area contributed by atoms with Crippen LogP contribution in [0.1, 0.15) is 5.56 Å². The molecule has 0 fully saturated rings. The Morgan fingerprint density at radius 1 is 1.50 bits per heavy atom. The highest BCUT2D eigenvalue weighted by atomic mass is 19.1. The van der Waals surface area contributed by atoms with Gasteiger partial charge >= 0.3 is 0 Å². The fourth-order valence-electron chi connectivity index (χ4n) is 0.923. The molecule has 3 heteroatoms. The number of hydrogen-bond donors (Lipinski definition) is 2. The Balaban J connectivity index is 2.75. The van der Waals surface area contributed by atoms with Crippen LogP contribution in [0.15, 0.2) is 36.5 Å². The first kappa shape index (κ1) is 8.74. The number of nitrogens with one attached hydrogen (secondary N) is 1. The van der Waals surface area contributed by atoms with Crippen molar-refractivity contribution in [2.24, 2.45) is 5.84 Å². The minimum absolute atomic E-state index is 0.228. The first-order valence-corrected chi connectivity index (χ1v) is 3.62. The summed E-state index contributed by atoms with van der Waals surface area (Å²) in [5.74, 6) is 4.87. The molecule has 0 amide bonds. The molecule has 1 rings (SSSR count). The molecule has 0 unspecified atom stereocenters. The molecule has 3 N–H and O–H groups in total. The van der Waals surface area contributed by atoms with Crippen molar-refractivity contribution in [2.75, 3.05) is 0 Å². The lowest BCUT2D eigenvalue weighted by Crippen LogP contribution is -2.21. The molecule has 0 saturated heterocycles. The summed E-state index contributed by atoms with van der Waals surface area (Å²) in [4.78, 5) is 0. The van der Waals surface area contributed by atoms with Gasteiger partial charge in [-0.1, -0.05) is 24.8 Å². The molecule has 0 heterocycles. The molecule has 0 saturated carbocycles. The topological polar surface area (TPSA) is 38.0 Å². The third-order valence-electron chi connectivity index (χ3n) is 1.57. The quantitative estimate of drug-likeness (QED) is 0.525. The molecular formula is C9H11FN2. The van der Waals surface area contributed by atoms with Gasteiger partial charge in [0.1, 0.15) is 5.82 Å². The minimum atomic E-state index is -0.228. The zero-order valence-corrected chi connectivity index (χ0v) is 6.68. The van der Waals surface area contributed by atoms with Crippen molar-refractivity contribution in [1.82, 2.24) is 5.43 Å². The number of rotatable bonds is 3. The molecule has 0 aliphatic carbocycles. The minimum Gasteiger partial charge on any atom is -0.329 e. The van der Waals surface area contributed by atoms with E-state index < -0.39 is 0 Å². The molecule has 0 aliphatic rings. The van der Waals surface area contributed by atoms with Crippen LogP contribution in [0.4, 0.5) is 4.39 Å². The maximum Gasteiger partial charge on any atom is 0.126 e. The summed E-state index contributed by atoms with van der Waals surface area (Å²) in [6.07, 6.45) is 0.420. The average Bonchev–Trinajstić information content (AvgIpc) is 2.09. The van der Waals surface area contributed by atoms with Crippen LogP contribution >= 0.6 is 0 Å². The van der Waals surface area contributed by atoms with E-state index in [9.17, 15) is 4.39 Å². The number of hydrogen-bond acceptors (Lipinski definition) is 2. The van der Waals surface area contributed by atoms with E-state index in [0.717, 1.165) is 0 Å². The van der Waals surface area contributed by atoms with Crippen molar-refractivity contribution in [3.8, 4) is 0 Å². The lowest BCUT2D eigenvalue weighted by molar-refractivity contribution is 0.611. The smallest absolute Gasteiger partial charge is 0.126 e. The standard InChI is InChI=1S/C9H11FN2/c1-7(12-11)6-8-4-2-3-5-9(8)10/h2-5,12H,1,6,11H2. The van der Waals surface area contributed by atoms with Gasteiger partial charge in [-0.05, 0) is 11.6 Å². The van der Waals surface area contributed by atoms with Crippen molar-refractivity contribution in [3.05, 3.63) is 47.9 Å². The van der Waals surface area contributed by atoms with Crippen LogP contribution in [0.3, 0.4) is 0 Å². The van der Waals surface area contributed by atoms with Gasteiger partial charge in [-0.25, -0.2) is 4.39 Å². The van der Waals surface area contributed by atoms with Crippen LogP contribution < -0.4 is 11.3 Å². The van der Waals surface area contributed by atoms with E-state index in [0.29, 0.717) is 17.7 Å². The van der Waals surface area contributed by atoms with Gasteiger partial charge < -0.3 is 5.43 Å². The zero-order chi connectivity index (χ0) is 8.97. The number of nitrogens with two attached hydrogens (primary N) is 1. The molecular weight excluding hydrogens is 155 g/mol. The van der Waals surface area contributed by atoms with E-state index in [1.807, 2.05) is 0 Å². The molecule has 1 aromatic carbocycles. The fraction of sp³-hybridized carbons (Fsp3) is 0.111. The summed E-state index contributed by atoms with van der Waals surface area (Å²) in [6, 6.07) is 6.55. The number of hydrazine groups is 1. The van der Waals surface area contributed by atoms with Gasteiger partial charge in [0, 0.05) is 12.1 Å². The summed E-state index contributed by atoms with van der Waals surface area (Å²) in [7, 11) is 0. The van der Waals surface area contributed by atoms with Gasteiger partial charge in [0.15, 0.2) is 0 Å². The summed E-state index contributed by atoms with van der Waals surface area (Å²) in [5, 5.41) is 0. The first-order chi connectivity index (χ1) is 5.74. The van der Waals surface area contributed by atoms with Gasteiger partial charge in [0.05, 0.1) is 0 Å². The summed E-state index contributed by atoms with van der Waals surface area (Å²) >= 11 is 0. The van der Waals surface area contributed by atoms with E-state index in [4.69, 9.17) is 5.84 Å². The summed E-state index contributed by atoms with van der Waals surface area (Å²) in [5.41, 5.74) is 3.57. The van der Waals surface area contributed by atoms with Crippen LogP contribution in [0.25, 0.3) is 0 Å². The zero-order valence-electron chi connectivity index (χ0n) is 6.68. The lowest BCUT2D eigenvalue weighted by atomic mass is 10.1. The molecule has 1 aromatic rings. The van der Waals surface area contributed by atoms with Gasteiger partial charge in [-0.15, -0.1) is 0 Å². The molecule has 2 nitrogen and oxygen atoms in total. The Hall–Kier alpha value is -1.35. The second-order valence-electron chi connectivity index (χ2n) is 2.52. The Labute approximate surface area is 70.9 Å². The molecule has 12 heavy (non-hydrogen) atoms. The van der Waals surface area contributed by atoms with Gasteiger partial charge in [-0.2, -0.15) is 0 Å². The highest BCUT2D eigenvalue weighted by Crippen LogP contribution is 2.08. The Bertz CT molecular complexity index is 284. The molecule has 0 aromatic heterocycles. The maximum atomic E-state index is 13.0. The number of benzene rings is 1. The van der Waals surface area contributed by atoms with Gasteiger partial charge in [0.2, 0.25) is 0 Å². The second kappa shape index (κ2) is 3.88. The fourth-order valence-corrected chi connectivity index (χ4v) is 0.923. The first-order valence-electron chi connectivity index (χ1n) is 3.62. The highest BCUT2D eigenvalue weighted by molar-refractivity contribution is 5.21. The van der Waals surface area contributed by atoms with E-state index in [2.05, 4.69) is 12.0 Å². The molecule has 0 spiro atoms. The lowest BCUT2D eigenvalue weighted by Gasteiger charge is -2.04. The van der Waals surface area contributed by atoms with Crippen LogP contribution in [-0.2, 0) is 6.42 Å². The number of halogens is 1. The summed E-state index contributed by atoms with van der Waals surface area (Å²) < 4.78 is 13.0. The molecule has 0 atom stereocenters. The molecule has 64 valence electrons. The van der Waals surface area contributed by atoms with Crippen molar-refractivity contribution in [1.29, 1.82) is 0 Å². The maximum absolute atomic E-state index is 13.0. The van der Waals surface area contributed by atoms with Crippen molar-refractivity contribution in [2.45, 2.75) is 6.42 Å². The Kier molecular flexibility index (Phi) is 2.82. The van der Waals surface area contributed by atoms with Gasteiger partial charge in [0.25, 0.3) is 0 Å². The Morgan fingerprint density at radius 2 is 2.17 bits per heavy atom. The van der Waals surface area contributed by atoms with E-state index in [1.54, 1.807) is 18.2 Å². The Morgan fingerprint density at radius 3 is 2.75 bits per heavy atom. The third-order valence-corrected chi connectivity index (χ3v) is 1.57. The third kappa shape index (κ3) is 2.07. The highest BCUT2D eigenvalue weighted by Gasteiger charge is 2.00. The van der Waals surface area contributed by atoms with Gasteiger partial charge in [-0.3, -0.25) is 5.84 Å². The summed E-state index contributed by atoms with van der Waals surface area (Å²) in [6.45, 7) is 3.61. The van der Waals surface area contributed by atoms with E-state index in [1.165, 1.54) is 6.07 Å². The van der Waals surface area contributed by atoms with Crippen LogP contribution in [0.5, 0.6) is 0 Å². The van der Waals surface area contributed by atoms with Crippen LogP contribution in [-0.4, -0.2) is 0 Å². The average molecular weight is 166 g/mol. The van der Waals surface area contributed by atoms with E-state index in [-0.39, 0.29) is 5.82 Å². The predicted octanol–water partition coefficient (Wildman–Crippen LogP) is 1.35. The SMILES string of the molecule is C=C(Cc1ccccc1F)NN. The van der Waals surface area contributed by atoms with Crippen molar-refractivity contribution < 1.29 is 4.39 Å². The largest absolute Gasteiger partial charge is 0.329 e. The van der Waals surface area contributed by atoms with E-state index >= 15 is 0 Å². The normalized spacial score (nSPS) is 9.50. The van der Waals surface area contributed by atoms with Crippen LogP contribution in [0.2, 0.25) is 0 Å². The van der Waals surface area contributed by atoms with Crippen molar-refractivity contribution in [3.63, 3.8) is 0 Å². The predicted molar refractivity (Wildman–Crippen MR) is 46.6 cm³/mol. The monoisotopic (exact) mass is 166 g/mol. The number of allylic oxidation sites excluding steroid dienone is 1. The second-order valence-corrected chi connectivity index (χ2v) is 2.52. The molecule has 0 bridgehead atoms. The molecule has 0 radical (unpaired) electrons. The molecule has 0 aliphatic heterocycles. The van der Waals surface area contributed by atoms with Crippen molar-refractivity contribution >= 4 is 0 Å². The van der Waals surface area contributed by atoms with Crippen LogP contribution in [0, 0.1) is 5.82 Å².